The van der Waals surface area contributed by atoms with Crippen LogP contribution in [-0.4, -0.2) is 35.6 Å². The van der Waals surface area contributed by atoms with Crippen molar-refractivity contribution in [2.24, 2.45) is 10.9 Å². The highest BCUT2D eigenvalue weighted by atomic mass is 16.6. The van der Waals surface area contributed by atoms with Gasteiger partial charge in [-0.25, -0.2) is 9.78 Å². The van der Waals surface area contributed by atoms with Gasteiger partial charge in [-0.05, 0) is 62.8 Å². The summed E-state index contributed by atoms with van der Waals surface area (Å²) in [5.74, 6) is 2.09. The van der Waals surface area contributed by atoms with E-state index >= 15 is 0 Å². The Balaban J connectivity index is 1.50. The number of nitrogens with one attached hydrogen (secondary N) is 2. The van der Waals surface area contributed by atoms with E-state index in [0.29, 0.717) is 12.5 Å². The van der Waals surface area contributed by atoms with Crippen LogP contribution in [0.4, 0.5) is 10.6 Å². The Bertz CT molecular complexity index is 640. The van der Waals surface area contributed by atoms with Crippen molar-refractivity contribution >= 4 is 17.7 Å². The lowest BCUT2D eigenvalue weighted by Crippen LogP contribution is -2.33. The molecule has 1 amide bonds. The van der Waals surface area contributed by atoms with Crippen LogP contribution in [0.3, 0.4) is 0 Å². The predicted molar refractivity (Wildman–Crippen MR) is 94.1 cm³/mol. The highest BCUT2D eigenvalue weighted by Gasteiger charge is 2.31. The van der Waals surface area contributed by atoms with E-state index in [0.717, 1.165) is 30.9 Å². The number of alkyl carbamates (subject to hydrolysis) is 1. The molecule has 6 heteroatoms. The first-order valence-electron chi connectivity index (χ1n) is 8.50. The van der Waals surface area contributed by atoms with Gasteiger partial charge in [0, 0.05) is 12.2 Å². The van der Waals surface area contributed by atoms with E-state index < -0.39 is 0 Å². The van der Waals surface area contributed by atoms with Crippen molar-refractivity contribution in [1.29, 1.82) is 0 Å². The van der Waals surface area contributed by atoms with Gasteiger partial charge in [0.2, 0.25) is 0 Å². The Hall–Kier alpha value is -2.37. The molecule has 0 spiro atoms. The van der Waals surface area contributed by atoms with Crippen LogP contribution in [0, 0.1) is 5.92 Å². The van der Waals surface area contributed by atoms with Gasteiger partial charge < -0.3 is 15.4 Å². The average molecular weight is 328 g/mol. The second kappa shape index (κ2) is 7.47. The number of carbonyl (C=O) groups excluding carboxylic acids is 1. The first-order valence-corrected chi connectivity index (χ1v) is 8.50. The molecule has 0 radical (unpaired) electrons. The molecule has 2 atom stereocenters. The molecule has 24 heavy (non-hydrogen) atoms. The number of hydrogen-bond donors (Lipinski definition) is 2. The summed E-state index contributed by atoms with van der Waals surface area (Å²) in [7, 11) is 0. The van der Waals surface area contributed by atoms with Crippen molar-refractivity contribution in [1.82, 2.24) is 10.3 Å². The molecule has 0 saturated heterocycles. The first kappa shape index (κ1) is 16.5. The fraction of sp³-hybridized carbons (Fsp3) is 0.500. The van der Waals surface area contributed by atoms with Crippen LogP contribution in [0.25, 0.3) is 0 Å². The van der Waals surface area contributed by atoms with E-state index in [9.17, 15) is 4.79 Å². The zero-order valence-electron chi connectivity index (χ0n) is 14.2. The van der Waals surface area contributed by atoms with Crippen molar-refractivity contribution in [3.63, 3.8) is 0 Å². The van der Waals surface area contributed by atoms with Gasteiger partial charge in [-0.15, -0.1) is 0 Å². The molecule has 2 N–H and O–H groups in total. The van der Waals surface area contributed by atoms with E-state index in [-0.39, 0.29) is 18.2 Å². The summed E-state index contributed by atoms with van der Waals surface area (Å²) in [6.45, 7) is 4.57. The van der Waals surface area contributed by atoms with Crippen LogP contribution in [0.2, 0.25) is 0 Å². The Labute approximate surface area is 142 Å². The topological polar surface area (TPSA) is 75.6 Å². The molecule has 2 heterocycles. The number of nitrogens with zero attached hydrogens (tertiary/aromatic N) is 2. The maximum atomic E-state index is 11.7. The third-order valence-electron chi connectivity index (χ3n) is 4.26. The fourth-order valence-corrected chi connectivity index (χ4v) is 3.14. The zero-order valence-corrected chi connectivity index (χ0v) is 14.2. The van der Waals surface area contributed by atoms with Crippen LogP contribution >= 0.6 is 0 Å². The summed E-state index contributed by atoms with van der Waals surface area (Å²) in [6.07, 6.45) is 6.38. The first-order chi connectivity index (χ1) is 11.6. The summed E-state index contributed by atoms with van der Waals surface area (Å²) < 4.78 is 5.49. The largest absolute Gasteiger partial charge is 0.446 e. The van der Waals surface area contributed by atoms with Gasteiger partial charge in [-0.3, -0.25) is 4.99 Å². The number of pyridine rings is 1. The zero-order chi connectivity index (χ0) is 16.9. The Morgan fingerprint density at radius 3 is 2.96 bits per heavy atom. The monoisotopic (exact) mass is 328 g/mol. The Morgan fingerprint density at radius 2 is 2.21 bits per heavy atom. The summed E-state index contributed by atoms with van der Waals surface area (Å²) in [6, 6.07) is 5.84. The van der Waals surface area contributed by atoms with Crippen molar-refractivity contribution < 1.29 is 9.53 Å². The minimum Gasteiger partial charge on any atom is -0.446 e. The van der Waals surface area contributed by atoms with Gasteiger partial charge in [-0.2, -0.15) is 0 Å². The lowest BCUT2D eigenvalue weighted by molar-refractivity contribution is 0.0975. The van der Waals surface area contributed by atoms with Crippen LogP contribution < -0.4 is 10.6 Å². The van der Waals surface area contributed by atoms with Crippen molar-refractivity contribution in [3.8, 4) is 0 Å². The standard InChI is InChI=1S/C18H24N4O2/c1-12(2)21-18(23)24-15-7-6-13(9-15)14-10-17(20-11-14)22-16-5-3-4-8-19-16/h3-5,8,10,12-13,15H,6-7,9,11H2,1-2H3,(H,21,23)(H,19,20,22)/t13-,15+/m0/s1. The van der Waals surface area contributed by atoms with Crippen LogP contribution in [0.15, 0.2) is 41.0 Å². The molecule has 6 nitrogen and oxygen atoms in total. The summed E-state index contributed by atoms with van der Waals surface area (Å²) in [5.41, 5.74) is 1.31. The number of rotatable bonds is 4. The number of aromatic nitrogens is 1. The summed E-state index contributed by atoms with van der Waals surface area (Å²) in [5, 5.41) is 6.00. The molecule has 0 unspecified atom stereocenters. The van der Waals surface area contributed by atoms with Gasteiger partial charge in [0.05, 0.1) is 6.54 Å². The molecular weight excluding hydrogens is 304 g/mol. The fourth-order valence-electron chi connectivity index (χ4n) is 3.14. The van der Waals surface area contributed by atoms with Crippen molar-refractivity contribution in [3.05, 3.63) is 36.0 Å². The van der Waals surface area contributed by atoms with Crippen molar-refractivity contribution in [2.75, 3.05) is 11.9 Å². The third-order valence-corrected chi connectivity index (χ3v) is 4.26. The second-order valence-electron chi connectivity index (χ2n) is 6.60. The van der Waals surface area contributed by atoms with Gasteiger partial charge >= 0.3 is 6.09 Å². The predicted octanol–water partition coefficient (Wildman–Crippen LogP) is 3.14. The van der Waals surface area contributed by atoms with Gasteiger partial charge in [0.1, 0.15) is 17.8 Å². The molecule has 128 valence electrons. The highest BCUT2D eigenvalue weighted by Crippen LogP contribution is 2.34. The Kier molecular flexibility index (Phi) is 5.13. The minimum absolute atomic E-state index is 0.00227. The van der Waals surface area contributed by atoms with E-state index in [2.05, 4.69) is 26.7 Å². The molecule has 1 aliphatic carbocycles. The summed E-state index contributed by atoms with van der Waals surface area (Å²) in [4.78, 5) is 20.5. The molecule has 1 saturated carbocycles. The molecule has 1 aliphatic heterocycles. The number of ether oxygens (including phenoxy) is 1. The molecule has 1 aromatic rings. The number of amidine groups is 1. The van der Waals surface area contributed by atoms with E-state index in [4.69, 9.17) is 4.74 Å². The number of hydrogen-bond acceptors (Lipinski definition) is 5. The molecule has 0 aromatic carbocycles. The summed E-state index contributed by atoms with van der Waals surface area (Å²) >= 11 is 0. The molecule has 2 aliphatic rings. The number of aliphatic imine (C=N–C) groups is 1. The Morgan fingerprint density at radius 1 is 1.33 bits per heavy atom. The maximum absolute atomic E-state index is 11.7. The molecule has 0 bridgehead atoms. The van der Waals surface area contributed by atoms with Crippen molar-refractivity contribution in [2.45, 2.75) is 45.3 Å². The quantitative estimate of drug-likeness (QED) is 0.890. The lowest BCUT2D eigenvalue weighted by atomic mass is 9.98. The van der Waals surface area contributed by atoms with Crippen LogP contribution in [0.5, 0.6) is 0 Å². The number of anilines is 1. The lowest BCUT2D eigenvalue weighted by Gasteiger charge is -2.15. The maximum Gasteiger partial charge on any atom is 0.407 e. The highest BCUT2D eigenvalue weighted by molar-refractivity contribution is 6.05. The SMILES string of the molecule is CC(C)NC(=O)O[C@@H]1CC[C@H](C2=CC(Nc3ccccn3)=NC2)C1. The van der Waals surface area contributed by atoms with Gasteiger partial charge in [0.25, 0.3) is 0 Å². The third kappa shape index (κ3) is 4.34. The molecule has 1 fully saturated rings. The van der Waals surface area contributed by atoms with Gasteiger partial charge in [0.15, 0.2) is 0 Å². The number of carbonyl (C=O) groups is 1. The van der Waals surface area contributed by atoms with E-state index in [1.165, 1.54) is 5.57 Å². The van der Waals surface area contributed by atoms with Crippen LogP contribution in [-0.2, 0) is 4.74 Å². The minimum atomic E-state index is -0.315. The second-order valence-corrected chi connectivity index (χ2v) is 6.60. The molecule has 1 aromatic heterocycles. The van der Waals surface area contributed by atoms with E-state index in [1.54, 1.807) is 6.20 Å². The van der Waals surface area contributed by atoms with Crippen LogP contribution in [0.1, 0.15) is 33.1 Å². The molecular formula is C18H24N4O2. The molecule has 3 rings (SSSR count). The van der Waals surface area contributed by atoms with E-state index in [1.807, 2.05) is 32.0 Å². The average Bonchev–Trinajstić information content (AvgIpc) is 3.17. The normalized spacial score (nSPS) is 23.0. The van der Waals surface area contributed by atoms with Gasteiger partial charge in [-0.1, -0.05) is 6.07 Å². The smallest absolute Gasteiger partial charge is 0.407 e. The number of amides is 1.